The molecule has 7 heteroatoms. The average Bonchev–Trinajstić information content (AvgIpc) is 2.92. The summed E-state index contributed by atoms with van der Waals surface area (Å²) in [5, 5.41) is 0. The highest BCUT2D eigenvalue weighted by atomic mass is 32.2. The van der Waals surface area contributed by atoms with E-state index >= 15 is 0 Å². The zero-order chi connectivity index (χ0) is 15.5. The monoisotopic (exact) mass is 325 g/mol. The van der Waals surface area contributed by atoms with Gasteiger partial charge < -0.3 is 4.74 Å². The van der Waals surface area contributed by atoms with E-state index in [-0.39, 0.29) is 15.0 Å². The third-order valence-electron chi connectivity index (χ3n) is 2.85. The molecule has 0 atom stereocenters. The highest BCUT2D eigenvalue weighted by molar-refractivity contribution is 7.92. The van der Waals surface area contributed by atoms with Gasteiger partial charge in [-0.3, -0.25) is 0 Å². The number of ether oxygens (including phenoxy) is 1. The van der Waals surface area contributed by atoms with Crippen LogP contribution in [-0.2, 0) is 26.7 Å². The van der Waals surface area contributed by atoms with Gasteiger partial charge in [-0.1, -0.05) is 48.6 Å². The lowest BCUT2D eigenvalue weighted by atomic mass is 10.2. The molecular weight excluding hydrogens is 310 g/mol. The normalized spacial score (nSPS) is 11.3. The van der Waals surface area contributed by atoms with Gasteiger partial charge in [0, 0.05) is 0 Å². The summed E-state index contributed by atoms with van der Waals surface area (Å²) in [6.07, 6.45) is 0.474. The second-order valence-corrected chi connectivity index (χ2v) is 7.51. The van der Waals surface area contributed by atoms with Crippen molar-refractivity contribution in [3.05, 3.63) is 46.5 Å². The minimum Gasteiger partial charge on any atom is -0.465 e. The SMILES string of the molecule is CCc1nc(S(=O)(=O)Cc2ccccc2)sc1C(=O)OC. The van der Waals surface area contributed by atoms with E-state index in [4.69, 9.17) is 0 Å². The minimum atomic E-state index is -3.57. The Bertz CT molecular complexity index is 736. The molecule has 21 heavy (non-hydrogen) atoms. The van der Waals surface area contributed by atoms with E-state index in [0.29, 0.717) is 17.7 Å². The number of rotatable bonds is 5. The fourth-order valence-electron chi connectivity index (χ4n) is 1.81. The molecule has 1 aromatic heterocycles. The molecule has 0 aliphatic rings. The first kappa shape index (κ1) is 15.7. The Morgan fingerprint density at radius 2 is 1.95 bits per heavy atom. The third kappa shape index (κ3) is 3.48. The number of aromatic nitrogens is 1. The van der Waals surface area contributed by atoms with Crippen LogP contribution < -0.4 is 0 Å². The molecule has 0 aliphatic carbocycles. The van der Waals surface area contributed by atoms with E-state index in [1.54, 1.807) is 24.3 Å². The molecule has 0 unspecified atom stereocenters. The largest absolute Gasteiger partial charge is 0.465 e. The molecule has 0 saturated heterocycles. The molecule has 0 radical (unpaired) electrons. The number of carbonyl (C=O) groups excluding carboxylic acids is 1. The summed E-state index contributed by atoms with van der Waals surface area (Å²) in [6.45, 7) is 1.81. The first-order valence-electron chi connectivity index (χ1n) is 6.32. The van der Waals surface area contributed by atoms with Crippen molar-refractivity contribution in [2.45, 2.75) is 23.4 Å². The van der Waals surface area contributed by atoms with Crippen molar-refractivity contribution in [1.82, 2.24) is 4.98 Å². The van der Waals surface area contributed by atoms with Crippen molar-refractivity contribution in [2.75, 3.05) is 7.11 Å². The molecule has 0 amide bonds. The van der Waals surface area contributed by atoms with Gasteiger partial charge in [0.1, 0.15) is 4.88 Å². The molecule has 0 N–H and O–H groups in total. The Kier molecular flexibility index (Phi) is 4.74. The summed E-state index contributed by atoms with van der Waals surface area (Å²) in [5.41, 5.74) is 1.14. The smallest absolute Gasteiger partial charge is 0.350 e. The van der Waals surface area contributed by atoms with Crippen LogP contribution in [0.15, 0.2) is 34.7 Å². The zero-order valence-corrected chi connectivity index (χ0v) is 13.3. The number of esters is 1. The Balaban J connectivity index is 2.37. The van der Waals surface area contributed by atoms with Gasteiger partial charge in [-0.25, -0.2) is 18.2 Å². The number of hydrogen-bond donors (Lipinski definition) is 0. The van der Waals surface area contributed by atoms with Crippen molar-refractivity contribution in [3.8, 4) is 0 Å². The van der Waals surface area contributed by atoms with Crippen molar-refractivity contribution in [1.29, 1.82) is 0 Å². The summed E-state index contributed by atoms with van der Waals surface area (Å²) in [5.74, 6) is -0.684. The second-order valence-electron chi connectivity index (χ2n) is 4.35. The topological polar surface area (TPSA) is 73.3 Å². The number of sulfone groups is 1. The Morgan fingerprint density at radius 1 is 1.29 bits per heavy atom. The highest BCUT2D eigenvalue weighted by Gasteiger charge is 2.25. The van der Waals surface area contributed by atoms with E-state index in [2.05, 4.69) is 9.72 Å². The van der Waals surface area contributed by atoms with Crippen molar-refractivity contribution < 1.29 is 17.9 Å². The number of nitrogens with zero attached hydrogens (tertiary/aromatic N) is 1. The molecule has 0 aliphatic heterocycles. The van der Waals surface area contributed by atoms with Crippen LogP contribution in [0, 0.1) is 0 Å². The number of hydrogen-bond acceptors (Lipinski definition) is 6. The minimum absolute atomic E-state index is 0.0383. The number of methoxy groups -OCH3 is 1. The number of thiazole rings is 1. The molecule has 0 bridgehead atoms. The van der Waals surface area contributed by atoms with Crippen LogP contribution in [0.4, 0.5) is 0 Å². The summed E-state index contributed by atoms with van der Waals surface area (Å²) in [7, 11) is -2.30. The van der Waals surface area contributed by atoms with Gasteiger partial charge in [-0.15, -0.1) is 0 Å². The lowest BCUT2D eigenvalue weighted by Gasteiger charge is -2.00. The van der Waals surface area contributed by atoms with E-state index in [1.165, 1.54) is 7.11 Å². The molecule has 5 nitrogen and oxygen atoms in total. The molecule has 1 heterocycles. The quantitative estimate of drug-likeness (QED) is 0.790. The summed E-state index contributed by atoms with van der Waals surface area (Å²) in [4.78, 5) is 16.0. The van der Waals surface area contributed by atoms with E-state index in [9.17, 15) is 13.2 Å². The van der Waals surface area contributed by atoms with Crippen LogP contribution in [0.5, 0.6) is 0 Å². The van der Waals surface area contributed by atoms with Gasteiger partial charge in [0.2, 0.25) is 14.2 Å². The fourth-order valence-corrected chi connectivity index (χ4v) is 4.55. The van der Waals surface area contributed by atoms with Crippen LogP contribution in [0.3, 0.4) is 0 Å². The number of aryl methyl sites for hydroxylation is 1. The van der Waals surface area contributed by atoms with E-state index < -0.39 is 15.8 Å². The van der Waals surface area contributed by atoms with Crippen molar-refractivity contribution in [2.24, 2.45) is 0 Å². The maximum Gasteiger partial charge on any atom is 0.350 e. The summed E-state index contributed by atoms with van der Waals surface area (Å²) in [6, 6.07) is 8.87. The summed E-state index contributed by atoms with van der Waals surface area (Å²) < 4.78 is 29.4. The summed E-state index contributed by atoms with van der Waals surface area (Å²) >= 11 is 0.869. The Hall–Kier alpha value is -1.73. The van der Waals surface area contributed by atoms with Crippen LogP contribution in [0.1, 0.15) is 27.9 Å². The van der Waals surface area contributed by atoms with Crippen LogP contribution in [0.2, 0.25) is 0 Å². The maximum atomic E-state index is 12.4. The van der Waals surface area contributed by atoms with Gasteiger partial charge >= 0.3 is 5.97 Å². The van der Waals surface area contributed by atoms with Gasteiger partial charge in [0.25, 0.3) is 0 Å². The maximum absolute atomic E-state index is 12.4. The lowest BCUT2D eigenvalue weighted by molar-refractivity contribution is 0.0605. The first-order chi connectivity index (χ1) is 9.97. The molecule has 0 saturated carbocycles. The number of carbonyl (C=O) groups is 1. The molecule has 0 spiro atoms. The predicted octanol–water partition coefficient (Wildman–Crippen LogP) is 2.47. The fraction of sp³-hybridized carbons (Fsp3) is 0.286. The Morgan fingerprint density at radius 3 is 2.52 bits per heavy atom. The second kappa shape index (κ2) is 6.36. The zero-order valence-electron chi connectivity index (χ0n) is 11.7. The van der Waals surface area contributed by atoms with Crippen LogP contribution in [0.25, 0.3) is 0 Å². The highest BCUT2D eigenvalue weighted by Crippen LogP contribution is 2.26. The molecule has 112 valence electrons. The van der Waals surface area contributed by atoms with Crippen molar-refractivity contribution in [3.63, 3.8) is 0 Å². The lowest BCUT2D eigenvalue weighted by Crippen LogP contribution is -2.04. The molecular formula is C14H15NO4S2. The predicted molar refractivity (Wildman–Crippen MR) is 80.2 cm³/mol. The van der Waals surface area contributed by atoms with E-state index in [0.717, 1.165) is 11.3 Å². The first-order valence-corrected chi connectivity index (χ1v) is 8.79. The van der Waals surface area contributed by atoms with Crippen LogP contribution >= 0.6 is 11.3 Å². The average molecular weight is 325 g/mol. The van der Waals surface area contributed by atoms with Gasteiger partial charge in [-0.2, -0.15) is 0 Å². The van der Waals surface area contributed by atoms with Gasteiger partial charge in [-0.05, 0) is 12.0 Å². The van der Waals surface area contributed by atoms with Crippen molar-refractivity contribution >= 4 is 27.1 Å². The van der Waals surface area contributed by atoms with E-state index in [1.807, 2.05) is 13.0 Å². The van der Waals surface area contributed by atoms with Gasteiger partial charge in [0.05, 0.1) is 18.6 Å². The molecule has 1 aromatic carbocycles. The van der Waals surface area contributed by atoms with Crippen LogP contribution in [-0.4, -0.2) is 26.5 Å². The number of benzene rings is 1. The molecule has 2 aromatic rings. The Labute approximate surface area is 127 Å². The molecule has 2 rings (SSSR count). The standard InChI is InChI=1S/C14H15NO4S2/c1-3-11-12(13(16)19-2)20-14(15-11)21(17,18)9-10-7-5-4-6-8-10/h4-8H,3,9H2,1-2H3. The molecule has 0 fully saturated rings. The third-order valence-corrected chi connectivity index (χ3v) is 6.07. The van der Waals surface area contributed by atoms with Gasteiger partial charge in [0.15, 0.2) is 0 Å².